The normalized spacial score (nSPS) is 21.4. The second-order valence-electron chi connectivity index (χ2n) is 10.8. The van der Waals surface area contributed by atoms with Crippen molar-refractivity contribution in [1.29, 1.82) is 0 Å². The number of amides is 1. The molecule has 38 heavy (non-hydrogen) atoms. The Balaban J connectivity index is 0.000000433. The third-order valence-corrected chi connectivity index (χ3v) is 7.45. The van der Waals surface area contributed by atoms with Crippen molar-refractivity contribution < 1.29 is 13.6 Å². The Labute approximate surface area is 222 Å². The fourth-order valence-electron chi connectivity index (χ4n) is 4.81. The van der Waals surface area contributed by atoms with E-state index < -0.39 is 6.17 Å². The van der Waals surface area contributed by atoms with Crippen molar-refractivity contribution in [3.63, 3.8) is 0 Å². The quantitative estimate of drug-likeness (QED) is 0.415. The summed E-state index contributed by atoms with van der Waals surface area (Å²) >= 11 is 0. The van der Waals surface area contributed by atoms with Crippen LogP contribution >= 0.6 is 0 Å². The molecule has 3 heterocycles. The highest BCUT2D eigenvalue weighted by Crippen LogP contribution is 2.31. The summed E-state index contributed by atoms with van der Waals surface area (Å²) in [6.45, 7) is 6.10. The fourth-order valence-corrected chi connectivity index (χ4v) is 4.81. The van der Waals surface area contributed by atoms with Gasteiger partial charge in [-0.1, -0.05) is 0 Å². The van der Waals surface area contributed by atoms with E-state index in [4.69, 9.17) is 0 Å². The van der Waals surface area contributed by atoms with Crippen LogP contribution in [0.15, 0.2) is 43.0 Å². The number of rotatable bonds is 8. The van der Waals surface area contributed by atoms with E-state index in [1.807, 2.05) is 19.2 Å². The molecular weight excluding hydrogens is 486 g/mol. The number of halogens is 2. The Bertz CT molecular complexity index is 1260. The van der Waals surface area contributed by atoms with Gasteiger partial charge in [0, 0.05) is 55.4 Å². The van der Waals surface area contributed by atoms with Gasteiger partial charge in [0.1, 0.15) is 12.0 Å². The van der Waals surface area contributed by atoms with Crippen molar-refractivity contribution in [3.8, 4) is 16.8 Å². The Morgan fingerprint density at radius 2 is 1.84 bits per heavy atom. The van der Waals surface area contributed by atoms with Crippen LogP contribution in [-0.2, 0) is 4.79 Å². The third-order valence-electron chi connectivity index (χ3n) is 7.45. The number of carbonyl (C=O) groups excluding carboxylic acids is 1. The molecule has 6 rings (SSSR count). The van der Waals surface area contributed by atoms with Crippen molar-refractivity contribution in [3.05, 3.63) is 59.9 Å². The van der Waals surface area contributed by atoms with Crippen LogP contribution in [0.3, 0.4) is 0 Å². The van der Waals surface area contributed by atoms with Crippen LogP contribution in [0.4, 0.5) is 14.5 Å². The van der Waals surface area contributed by atoms with Crippen molar-refractivity contribution in [1.82, 2.24) is 25.0 Å². The number of benzene rings is 1. The van der Waals surface area contributed by atoms with E-state index >= 15 is 0 Å². The predicted molar refractivity (Wildman–Crippen MR) is 145 cm³/mol. The van der Waals surface area contributed by atoms with Crippen LogP contribution in [-0.4, -0.2) is 64.0 Å². The molecule has 1 aliphatic heterocycles. The predicted octanol–water partition coefficient (Wildman–Crippen LogP) is 4.82. The standard InChI is InChI=1S/C25H29F2N5.C4H7NO/c1-16-8-25(17(2)7-22(16)26)32-14-20(11-29-32)19-9-21(12-28-10-19)30-24-5-6-31(15-23(24)27)13-18-3-4-18;6-3-5-4-1-2-4/h7-12,14,18,23-24,30H,3-6,13,15H2,1-2H3;3-4H,1-2H2,(H,5,6). The molecule has 3 fully saturated rings. The number of anilines is 1. The number of hydrogen-bond acceptors (Lipinski definition) is 5. The molecule has 1 saturated heterocycles. The van der Waals surface area contributed by atoms with Gasteiger partial charge in [0.25, 0.3) is 0 Å². The molecular formula is C29H36F2N6O. The molecule has 2 aliphatic carbocycles. The Hall–Kier alpha value is -3.33. The number of piperidine rings is 1. The zero-order valence-corrected chi connectivity index (χ0v) is 22.0. The van der Waals surface area contributed by atoms with Gasteiger partial charge in [-0.05, 0) is 81.2 Å². The maximum atomic E-state index is 14.8. The van der Waals surface area contributed by atoms with Gasteiger partial charge >= 0.3 is 0 Å². The second kappa shape index (κ2) is 11.6. The van der Waals surface area contributed by atoms with E-state index in [0.717, 1.165) is 59.9 Å². The number of nitrogens with zero attached hydrogens (tertiary/aromatic N) is 4. The highest BCUT2D eigenvalue weighted by molar-refractivity contribution is 5.66. The minimum absolute atomic E-state index is 0.199. The summed E-state index contributed by atoms with van der Waals surface area (Å²) in [6, 6.07) is 5.65. The van der Waals surface area contributed by atoms with Gasteiger partial charge in [-0.25, -0.2) is 13.5 Å². The van der Waals surface area contributed by atoms with E-state index in [2.05, 4.69) is 25.6 Å². The maximum absolute atomic E-state index is 14.8. The number of carbonyl (C=O) groups is 1. The molecule has 2 unspecified atom stereocenters. The van der Waals surface area contributed by atoms with Crippen LogP contribution < -0.4 is 10.6 Å². The molecule has 0 radical (unpaired) electrons. The first-order valence-electron chi connectivity index (χ1n) is 13.5. The summed E-state index contributed by atoms with van der Waals surface area (Å²) in [4.78, 5) is 16.2. The number of aryl methyl sites for hydroxylation is 2. The lowest BCUT2D eigenvalue weighted by Crippen LogP contribution is -2.48. The van der Waals surface area contributed by atoms with Crippen molar-refractivity contribution >= 4 is 12.1 Å². The molecule has 9 heteroatoms. The zero-order chi connectivity index (χ0) is 26.6. The summed E-state index contributed by atoms with van der Waals surface area (Å²) in [6.07, 6.45) is 12.8. The van der Waals surface area contributed by atoms with E-state index in [0.29, 0.717) is 18.2 Å². The van der Waals surface area contributed by atoms with Crippen LogP contribution in [0.5, 0.6) is 0 Å². The summed E-state index contributed by atoms with van der Waals surface area (Å²) in [5.74, 6) is 0.572. The Kier molecular flexibility index (Phi) is 8.02. The summed E-state index contributed by atoms with van der Waals surface area (Å²) < 4.78 is 30.4. The van der Waals surface area contributed by atoms with E-state index in [1.54, 1.807) is 36.3 Å². The van der Waals surface area contributed by atoms with E-state index in [9.17, 15) is 13.6 Å². The van der Waals surface area contributed by atoms with E-state index in [-0.39, 0.29) is 11.9 Å². The van der Waals surface area contributed by atoms with Crippen LogP contribution in [0.25, 0.3) is 16.8 Å². The molecule has 2 saturated carbocycles. The topological polar surface area (TPSA) is 75.1 Å². The van der Waals surface area contributed by atoms with Gasteiger partial charge in [-0.3, -0.25) is 9.78 Å². The number of hydrogen-bond donors (Lipinski definition) is 2. The summed E-state index contributed by atoms with van der Waals surface area (Å²) in [7, 11) is 0. The molecule has 2 aromatic heterocycles. The first-order chi connectivity index (χ1) is 18.4. The molecule has 1 amide bonds. The number of alkyl halides is 1. The maximum Gasteiger partial charge on any atom is 0.207 e. The van der Waals surface area contributed by atoms with Gasteiger partial charge in [-0.2, -0.15) is 5.10 Å². The van der Waals surface area contributed by atoms with E-state index in [1.165, 1.54) is 31.7 Å². The number of pyridine rings is 1. The summed E-state index contributed by atoms with van der Waals surface area (Å²) in [5.41, 5.74) is 4.86. The first kappa shape index (κ1) is 26.3. The van der Waals surface area contributed by atoms with Crippen LogP contribution in [0, 0.1) is 25.6 Å². The number of nitrogens with one attached hydrogen (secondary N) is 2. The lowest BCUT2D eigenvalue weighted by molar-refractivity contribution is -0.109. The highest BCUT2D eigenvalue weighted by atomic mass is 19.1. The molecule has 0 spiro atoms. The van der Waals surface area contributed by atoms with Gasteiger partial charge < -0.3 is 15.5 Å². The van der Waals surface area contributed by atoms with Gasteiger partial charge in [0.15, 0.2) is 0 Å². The number of likely N-dealkylation sites (tertiary alicyclic amines) is 1. The molecule has 1 aromatic carbocycles. The van der Waals surface area contributed by atoms with Crippen molar-refractivity contribution in [2.45, 2.75) is 64.2 Å². The minimum Gasteiger partial charge on any atom is -0.378 e. The second-order valence-corrected chi connectivity index (χ2v) is 10.8. The zero-order valence-electron chi connectivity index (χ0n) is 22.0. The smallest absolute Gasteiger partial charge is 0.207 e. The molecule has 2 N–H and O–H groups in total. The monoisotopic (exact) mass is 522 g/mol. The fraction of sp³-hybridized carbons (Fsp3) is 0.483. The number of aromatic nitrogens is 3. The Morgan fingerprint density at radius 1 is 1.03 bits per heavy atom. The molecule has 0 bridgehead atoms. The van der Waals surface area contributed by atoms with Gasteiger partial charge in [0.05, 0.1) is 23.6 Å². The molecule has 7 nitrogen and oxygen atoms in total. The first-order valence-corrected chi connectivity index (χ1v) is 13.5. The van der Waals surface area contributed by atoms with Gasteiger partial charge in [-0.15, -0.1) is 0 Å². The average molecular weight is 523 g/mol. The highest BCUT2D eigenvalue weighted by Gasteiger charge is 2.32. The van der Waals surface area contributed by atoms with Crippen molar-refractivity contribution in [2.75, 3.05) is 25.0 Å². The minimum atomic E-state index is -0.890. The Morgan fingerprint density at radius 3 is 2.53 bits per heavy atom. The molecule has 3 aromatic rings. The van der Waals surface area contributed by atoms with Crippen LogP contribution in [0.2, 0.25) is 0 Å². The molecule has 3 aliphatic rings. The largest absolute Gasteiger partial charge is 0.378 e. The van der Waals surface area contributed by atoms with Crippen LogP contribution in [0.1, 0.15) is 43.2 Å². The average Bonchev–Trinajstić information content (AvgIpc) is 3.84. The SMILES string of the molecule is Cc1cc(-n2cc(-c3cncc(NC4CCN(CC5CC5)CC4F)c3)cn2)c(C)cc1F.O=CNC1CC1. The van der Waals surface area contributed by atoms with Crippen molar-refractivity contribution in [2.24, 2.45) is 5.92 Å². The molecule has 2 atom stereocenters. The third kappa shape index (κ3) is 6.75. The molecule has 202 valence electrons. The lowest BCUT2D eigenvalue weighted by atomic mass is 10.0. The summed E-state index contributed by atoms with van der Waals surface area (Å²) in [5, 5.41) is 10.5. The lowest BCUT2D eigenvalue weighted by Gasteiger charge is -2.35. The van der Waals surface area contributed by atoms with Gasteiger partial charge in [0.2, 0.25) is 6.41 Å².